The van der Waals surface area contributed by atoms with Crippen LogP contribution in [0.1, 0.15) is 101 Å². The summed E-state index contributed by atoms with van der Waals surface area (Å²) in [5, 5.41) is 9.80. The van der Waals surface area contributed by atoms with Gasteiger partial charge in [-0.3, -0.25) is 19.2 Å². The molecule has 248 valence electrons. The molecule has 0 saturated carbocycles. The Morgan fingerprint density at radius 2 is 1.04 bits per heavy atom. The van der Waals surface area contributed by atoms with Gasteiger partial charge in [-0.05, 0) is 76.6 Å². The summed E-state index contributed by atoms with van der Waals surface area (Å²) in [5.41, 5.74) is 1.80. The maximum atomic E-state index is 12.6. The van der Waals surface area contributed by atoms with Gasteiger partial charge in [0.25, 0.3) is 0 Å². The van der Waals surface area contributed by atoms with E-state index in [1.807, 2.05) is 24.3 Å². The van der Waals surface area contributed by atoms with Crippen LogP contribution in [0.15, 0.2) is 48.5 Å². The Labute approximate surface area is 277 Å². The van der Waals surface area contributed by atoms with E-state index >= 15 is 0 Å². The normalized spacial score (nSPS) is 19.0. The molecule has 0 aromatic heterocycles. The number of alkyl halides is 1. The molecule has 2 fully saturated rings. The van der Waals surface area contributed by atoms with Crippen LogP contribution in [0.2, 0.25) is 0 Å². The van der Waals surface area contributed by atoms with Gasteiger partial charge in [-0.25, -0.2) is 9.59 Å². The Morgan fingerprint density at radius 1 is 0.696 bits per heavy atom. The second-order valence-corrected chi connectivity index (χ2v) is 13.6. The number of carbonyl (C=O) groups excluding carboxylic acids is 6. The second-order valence-electron chi connectivity index (χ2n) is 13.1. The number of nitrogens with zero attached hydrogens (tertiary/aromatic N) is 2. The minimum atomic E-state index is -0.927. The Morgan fingerprint density at radius 3 is 1.35 bits per heavy atom. The molecule has 6 amide bonds. The van der Waals surface area contributed by atoms with Crippen molar-refractivity contribution in [3.8, 4) is 0 Å². The van der Waals surface area contributed by atoms with E-state index in [9.17, 15) is 28.8 Å². The van der Waals surface area contributed by atoms with Crippen LogP contribution in [0.25, 0.3) is 0 Å². The highest BCUT2D eigenvalue weighted by molar-refractivity contribution is 9.08. The Bertz CT molecular complexity index is 1350. The molecule has 4 rings (SSSR count). The predicted octanol–water partition coefficient (Wildman–Crippen LogP) is 6.10. The van der Waals surface area contributed by atoms with Gasteiger partial charge in [0, 0.05) is 18.2 Å². The van der Waals surface area contributed by atoms with Crippen LogP contribution in [0.5, 0.6) is 0 Å². The van der Waals surface area contributed by atoms with Crippen molar-refractivity contribution in [1.82, 2.24) is 9.80 Å². The van der Waals surface area contributed by atoms with Gasteiger partial charge in [-0.1, -0.05) is 64.5 Å². The molecule has 2 unspecified atom stereocenters. The van der Waals surface area contributed by atoms with Crippen molar-refractivity contribution in [3.05, 3.63) is 70.8 Å². The smallest absolute Gasteiger partial charge is 0.424 e. The standard InChI is InChI=1S/C17H20BrNO4.C17H21NO5/c1-17(2,3)23-16(22)19-14(20)9-8-13(15(19)21)12-6-4-11(10-18)5-7-12;1-17(2,3)23-16(22)18-14(20)9-8-13(15(18)21)12-6-4-11(10-19)5-7-12/h4-7,13H,8-10H2,1-3H3;4-7,13,19H,8-10H2,1-3H3. The first-order chi connectivity index (χ1) is 21.5. The van der Waals surface area contributed by atoms with E-state index in [2.05, 4.69) is 15.9 Å². The van der Waals surface area contributed by atoms with Crippen molar-refractivity contribution in [3.63, 3.8) is 0 Å². The van der Waals surface area contributed by atoms with Crippen LogP contribution >= 0.6 is 15.9 Å². The molecule has 11 nitrogen and oxygen atoms in total. The molecular weight excluding hydrogens is 660 g/mol. The summed E-state index contributed by atoms with van der Waals surface area (Å²) < 4.78 is 10.3. The summed E-state index contributed by atoms with van der Waals surface area (Å²) in [5.74, 6) is -3.17. The first-order valence-corrected chi connectivity index (χ1v) is 16.1. The number of amides is 6. The average molecular weight is 702 g/mol. The summed E-state index contributed by atoms with van der Waals surface area (Å²) in [4.78, 5) is 74.7. The monoisotopic (exact) mass is 700 g/mol. The average Bonchev–Trinajstić information content (AvgIpc) is 2.96. The van der Waals surface area contributed by atoms with Crippen molar-refractivity contribution < 1.29 is 43.3 Å². The Balaban J connectivity index is 0.000000250. The van der Waals surface area contributed by atoms with Crippen molar-refractivity contribution in [2.24, 2.45) is 0 Å². The number of piperidine rings is 2. The van der Waals surface area contributed by atoms with E-state index in [1.54, 1.807) is 65.8 Å². The molecule has 2 saturated heterocycles. The van der Waals surface area contributed by atoms with E-state index in [1.165, 1.54) is 0 Å². The number of hydrogen-bond donors (Lipinski definition) is 1. The zero-order chi connectivity index (χ0) is 34.4. The third-order valence-corrected chi connectivity index (χ3v) is 7.73. The third-order valence-electron chi connectivity index (χ3n) is 7.08. The van der Waals surface area contributed by atoms with Gasteiger partial charge >= 0.3 is 12.2 Å². The van der Waals surface area contributed by atoms with Gasteiger partial charge in [0.05, 0.1) is 18.4 Å². The van der Waals surface area contributed by atoms with Crippen LogP contribution in [-0.4, -0.2) is 61.9 Å². The molecule has 46 heavy (non-hydrogen) atoms. The number of benzene rings is 2. The number of imide groups is 6. The molecule has 2 aliphatic heterocycles. The molecule has 0 spiro atoms. The molecule has 2 aromatic rings. The molecule has 2 atom stereocenters. The molecule has 0 bridgehead atoms. The third kappa shape index (κ3) is 9.56. The number of hydrogen-bond acceptors (Lipinski definition) is 9. The molecule has 1 N–H and O–H groups in total. The number of likely N-dealkylation sites (tertiary alicyclic amines) is 2. The van der Waals surface area contributed by atoms with E-state index in [0.717, 1.165) is 22.0 Å². The molecule has 2 aromatic carbocycles. The highest BCUT2D eigenvalue weighted by Gasteiger charge is 2.42. The first-order valence-electron chi connectivity index (χ1n) is 15.0. The lowest BCUT2D eigenvalue weighted by molar-refractivity contribution is -0.149. The summed E-state index contributed by atoms with van der Waals surface area (Å²) >= 11 is 3.37. The number of carbonyl (C=O) groups is 6. The van der Waals surface area contributed by atoms with Crippen molar-refractivity contribution in [2.45, 2.75) is 102 Å². The topological polar surface area (TPSA) is 148 Å². The summed E-state index contributed by atoms with van der Waals surface area (Å²) in [7, 11) is 0. The second kappa shape index (κ2) is 15.1. The molecule has 0 radical (unpaired) electrons. The SMILES string of the molecule is CC(C)(C)OC(=O)N1C(=O)CCC(c2ccc(CBr)cc2)C1=O.CC(C)(C)OC(=O)N1C(=O)CCC(c2ccc(CO)cc2)C1=O. The van der Waals surface area contributed by atoms with Crippen LogP contribution in [0, 0.1) is 0 Å². The number of aliphatic hydroxyl groups is 1. The zero-order valence-electron chi connectivity index (χ0n) is 27.0. The lowest BCUT2D eigenvalue weighted by Crippen LogP contribution is -2.49. The van der Waals surface area contributed by atoms with E-state index in [4.69, 9.17) is 14.6 Å². The first kappa shape index (κ1) is 36.6. The van der Waals surface area contributed by atoms with Gasteiger partial charge in [0.1, 0.15) is 11.2 Å². The number of rotatable bonds is 4. The van der Waals surface area contributed by atoms with Crippen LogP contribution in [-0.2, 0) is 40.6 Å². The minimum Gasteiger partial charge on any atom is -0.443 e. The maximum absolute atomic E-state index is 12.6. The highest BCUT2D eigenvalue weighted by Crippen LogP contribution is 2.31. The lowest BCUT2D eigenvalue weighted by Gasteiger charge is -2.31. The fraction of sp³-hybridized carbons (Fsp3) is 0.471. The Kier molecular flexibility index (Phi) is 12.0. The summed E-state index contributed by atoms with van der Waals surface area (Å²) in [6.07, 6.45) is -0.800. The van der Waals surface area contributed by atoms with Crippen molar-refractivity contribution in [1.29, 1.82) is 0 Å². The van der Waals surface area contributed by atoms with Gasteiger partial charge < -0.3 is 14.6 Å². The fourth-order valence-corrected chi connectivity index (χ4v) is 5.25. The predicted molar refractivity (Wildman–Crippen MR) is 172 cm³/mol. The Hall–Kier alpha value is -3.90. The fourth-order valence-electron chi connectivity index (χ4n) is 4.88. The van der Waals surface area contributed by atoms with E-state index in [0.29, 0.717) is 28.2 Å². The van der Waals surface area contributed by atoms with Crippen molar-refractivity contribution >= 4 is 51.7 Å². The van der Waals surface area contributed by atoms with Gasteiger partial charge in [-0.15, -0.1) is 0 Å². The molecule has 0 aliphatic carbocycles. The quantitative estimate of drug-likeness (QED) is 0.295. The van der Waals surface area contributed by atoms with Crippen molar-refractivity contribution in [2.75, 3.05) is 0 Å². The maximum Gasteiger partial charge on any atom is 0.424 e. The largest absolute Gasteiger partial charge is 0.443 e. The van der Waals surface area contributed by atoms with Crippen LogP contribution in [0.3, 0.4) is 0 Å². The van der Waals surface area contributed by atoms with Gasteiger partial charge in [0.2, 0.25) is 23.6 Å². The molecular formula is C34H41BrN2O9. The number of ether oxygens (including phenoxy) is 2. The van der Waals surface area contributed by atoms with Gasteiger partial charge in [0.15, 0.2) is 0 Å². The van der Waals surface area contributed by atoms with Crippen LogP contribution < -0.4 is 0 Å². The lowest BCUT2D eigenvalue weighted by atomic mass is 9.89. The van der Waals surface area contributed by atoms with E-state index < -0.39 is 58.9 Å². The summed E-state index contributed by atoms with van der Waals surface area (Å²) in [6, 6.07) is 14.5. The minimum absolute atomic E-state index is 0.0819. The number of halogens is 1. The summed E-state index contributed by atoms with van der Waals surface area (Å²) in [6.45, 7) is 10.0. The van der Waals surface area contributed by atoms with E-state index in [-0.39, 0.29) is 19.4 Å². The number of aliphatic hydroxyl groups excluding tert-OH is 1. The van der Waals surface area contributed by atoms with Crippen LogP contribution in [0.4, 0.5) is 9.59 Å². The highest BCUT2D eigenvalue weighted by atomic mass is 79.9. The van der Waals surface area contributed by atoms with Gasteiger partial charge in [-0.2, -0.15) is 9.80 Å². The molecule has 12 heteroatoms. The zero-order valence-corrected chi connectivity index (χ0v) is 28.6. The molecule has 2 heterocycles. The molecule has 2 aliphatic rings.